The second-order valence-corrected chi connectivity index (χ2v) is 14.1. The monoisotopic (exact) mass is 714 g/mol. The Balaban J connectivity index is 1.29. The summed E-state index contributed by atoms with van der Waals surface area (Å²) in [6.07, 6.45) is 0. The number of hydrogen-bond acceptors (Lipinski definition) is 1. The van der Waals surface area contributed by atoms with Gasteiger partial charge in [-0.15, -0.1) is 0 Å². The van der Waals surface area contributed by atoms with Crippen molar-refractivity contribution >= 4 is 38.9 Å². The maximum Gasteiger partial charge on any atom is 0.0702 e. The molecule has 0 aliphatic heterocycles. The number of para-hydroxylation sites is 4. The normalized spacial score (nSPS) is 11.2. The van der Waals surface area contributed by atoms with Gasteiger partial charge in [-0.05, 0) is 81.4 Å². The van der Waals surface area contributed by atoms with Crippen molar-refractivity contribution in [2.24, 2.45) is 0 Å². The predicted octanol–water partition coefficient (Wildman–Crippen LogP) is 14.9. The molecule has 0 N–H and O–H groups in total. The molecule has 0 spiro atoms. The minimum absolute atomic E-state index is 1.07. The Morgan fingerprint density at radius 3 is 1.38 bits per heavy atom. The smallest absolute Gasteiger partial charge is 0.0702 e. The first-order chi connectivity index (χ1) is 27.8. The van der Waals surface area contributed by atoms with Crippen molar-refractivity contribution in [2.45, 2.75) is 0 Å². The van der Waals surface area contributed by atoms with Gasteiger partial charge in [-0.25, -0.2) is 0 Å². The molecule has 10 aromatic rings. The number of hydrogen-bond donors (Lipinski definition) is 0. The van der Waals surface area contributed by atoms with Crippen molar-refractivity contribution in [1.29, 1.82) is 0 Å². The maximum absolute atomic E-state index is 2.47. The highest BCUT2D eigenvalue weighted by atomic mass is 15.2. The zero-order chi connectivity index (χ0) is 37.3. The Morgan fingerprint density at radius 1 is 0.286 bits per heavy atom. The first-order valence-electron chi connectivity index (χ1n) is 19.2. The molecule has 56 heavy (non-hydrogen) atoms. The highest BCUT2D eigenvalue weighted by Gasteiger charge is 2.25. The van der Waals surface area contributed by atoms with Gasteiger partial charge in [0.05, 0.1) is 28.1 Å². The van der Waals surface area contributed by atoms with Gasteiger partial charge >= 0.3 is 0 Å². The van der Waals surface area contributed by atoms with E-state index in [1.54, 1.807) is 0 Å². The van der Waals surface area contributed by atoms with E-state index >= 15 is 0 Å². The Labute approximate surface area is 327 Å². The average molecular weight is 715 g/mol. The average Bonchev–Trinajstić information content (AvgIpc) is 3.62. The summed E-state index contributed by atoms with van der Waals surface area (Å²) in [4.78, 5) is 2.47. The third kappa shape index (κ3) is 5.85. The van der Waals surface area contributed by atoms with E-state index in [0.717, 1.165) is 22.7 Å². The second kappa shape index (κ2) is 14.4. The van der Waals surface area contributed by atoms with Crippen molar-refractivity contribution in [3.63, 3.8) is 0 Å². The summed E-state index contributed by atoms with van der Waals surface area (Å²) in [6.45, 7) is 0. The molecule has 0 atom stereocenters. The Morgan fingerprint density at radius 2 is 0.732 bits per heavy atom. The van der Waals surface area contributed by atoms with Crippen LogP contribution < -0.4 is 4.90 Å². The molecular weight excluding hydrogens is 677 g/mol. The van der Waals surface area contributed by atoms with E-state index < -0.39 is 0 Å². The highest BCUT2D eigenvalue weighted by molar-refractivity contribution is 6.10. The van der Waals surface area contributed by atoms with Crippen LogP contribution >= 0.6 is 0 Å². The Hall–Kier alpha value is -7.42. The molecule has 9 aromatic carbocycles. The fraction of sp³-hybridized carbons (Fsp3) is 0. The molecule has 0 aliphatic carbocycles. The molecule has 2 nitrogen and oxygen atoms in total. The first kappa shape index (κ1) is 33.2. The van der Waals surface area contributed by atoms with Gasteiger partial charge in [0.25, 0.3) is 0 Å². The highest BCUT2D eigenvalue weighted by Crippen LogP contribution is 2.49. The topological polar surface area (TPSA) is 8.17 Å². The SMILES string of the molecule is c1ccc(-c2ccc(N(c3ccccc3-n3c4ccccc4c4ccccc43)c3cccc(-c4ccccc4)c3-c3ccccc3-c3ccccc3)cc2)cc1. The van der Waals surface area contributed by atoms with Gasteiger partial charge in [0.15, 0.2) is 0 Å². The van der Waals surface area contributed by atoms with Crippen LogP contribution in [0.3, 0.4) is 0 Å². The lowest BCUT2D eigenvalue weighted by atomic mass is 9.87. The molecule has 0 bridgehead atoms. The molecule has 0 saturated heterocycles. The number of aromatic nitrogens is 1. The minimum atomic E-state index is 1.07. The first-order valence-corrected chi connectivity index (χ1v) is 19.2. The van der Waals surface area contributed by atoms with Crippen LogP contribution in [0.15, 0.2) is 231 Å². The number of anilines is 3. The van der Waals surface area contributed by atoms with E-state index in [1.165, 1.54) is 66.3 Å². The van der Waals surface area contributed by atoms with Gasteiger partial charge in [-0.3, -0.25) is 0 Å². The zero-order valence-corrected chi connectivity index (χ0v) is 30.8. The standard InChI is InChI=1S/C54H38N2/c1-4-19-39(20-5-1)40-35-37-43(38-36-40)55(51-32-16-17-33-52(51)56-49-30-14-12-26-46(49)47-27-13-15-31-50(47)56)53-34-18-29-45(42-23-8-3-9-24-42)54(53)48-28-11-10-25-44(48)41-21-6-2-7-22-41/h1-38H. The number of fused-ring (bicyclic) bond motifs is 3. The number of nitrogens with zero attached hydrogens (tertiary/aromatic N) is 2. The maximum atomic E-state index is 2.47. The molecule has 1 aromatic heterocycles. The molecule has 0 fully saturated rings. The van der Waals surface area contributed by atoms with Crippen molar-refractivity contribution in [1.82, 2.24) is 4.57 Å². The fourth-order valence-corrected chi connectivity index (χ4v) is 8.30. The molecule has 0 unspecified atom stereocenters. The molecule has 0 amide bonds. The molecule has 1 heterocycles. The number of benzene rings is 9. The summed E-state index contributed by atoms with van der Waals surface area (Å²) in [5, 5.41) is 2.47. The summed E-state index contributed by atoms with van der Waals surface area (Å²) in [7, 11) is 0. The van der Waals surface area contributed by atoms with E-state index in [9.17, 15) is 0 Å². The van der Waals surface area contributed by atoms with Gasteiger partial charge in [0, 0.05) is 22.0 Å². The Kier molecular flexibility index (Phi) is 8.55. The van der Waals surface area contributed by atoms with Crippen LogP contribution in [0.2, 0.25) is 0 Å². The summed E-state index contributed by atoms with van der Waals surface area (Å²) < 4.78 is 2.43. The van der Waals surface area contributed by atoms with Crippen LogP contribution in [-0.2, 0) is 0 Å². The zero-order valence-electron chi connectivity index (χ0n) is 30.8. The molecule has 0 radical (unpaired) electrons. The van der Waals surface area contributed by atoms with Crippen LogP contribution in [0.1, 0.15) is 0 Å². The van der Waals surface area contributed by atoms with Crippen molar-refractivity contribution in [3.8, 4) is 50.2 Å². The molecule has 264 valence electrons. The van der Waals surface area contributed by atoms with Crippen molar-refractivity contribution in [3.05, 3.63) is 231 Å². The predicted molar refractivity (Wildman–Crippen MR) is 237 cm³/mol. The van der Waals surface area contributed by atoms with Crippen LogP contribution in [-0.4, -0.2) is 4.57 Å². The van der Waals surface area contributed by atoms with Gasteiger partial charge in [0.2, 0.25) is 0 Å². The van der Waals surface area contributed by atoms with E-state index in [2.05, 4.69) is 240 Å². The van der Waals surface area contributed by atoms with E-state index in [1.807, 2.05) is 0 Å². The van der Waals surface area contributed by atoms with Gasteiger partial charge in [-0.2, -0.15) is 0 Å². The summed E-state index contributed by atoms with van der Waals surface area (Å²) in [5.74, 6) is 0. The molecule has 0 saturated carbocycles. The molecule has 2 heteroatoms. The largest absolute Gasteiger partial charge is 0.308 e. The lowest BCUT2D eigenvalue weighted by Crippen LogP contribution is -2.14. The lowest BCUT2D eigenvalue weighted by molar-refractivity contribution is 1.15. The minimum Gasteiger partial charge on any atom is -0.308 e. The summed E-state index contributed by atoms with van der Waals surface area (Å²) in [6, 6.07) is 83.2. The third-order valence-corrected chi connectivity index (χ3v) is 10.8. The van der Waals surface area contributed by atoms with Crippen LogP contribution in [0, 0.1) is 0 Å². The molecular formula is C54H38N2. The molecule has 0 aliphatic rings. The van der Waals surface area contributed by atoms with E-state index in [4.69, 9.17) is 0 Å². The van der Waals surface area contributed by atoms with Crippen molar-refractivity contribution in [2.75, 3.05) is 4.90 Å². The molecule has 10 rings (SSSR count). The Bertz CT molecular complexity index is 2890. The van der Waals surface area contributed by atoms with E-state index in [0.29, 0.717) is 0 Å². The fourth-order valence-electron chi connectivity index (χ4n) is 8.30. The van der Waals surface area contributed by atoms with Crippen molar-refractivity contribution < 1.29 is 0 Å². The summed E-state index contributed by atoms with van der Waals surface area (Å²) >= 11 is 0. The lowest BCUT2D eigenvalue weighted by Gasteiger charge is -2.32. The van der Waals surface area contributed by atoms with Crippen LogP contribution in [0.25, 0.3) is 72.0 Å². The number of rotatable bonds is 8. The second-order valence-electron chi connectivity index (χ2n) is 14.1. The van der Waals surface area contributed by atoms with Gasteiger partial charge in [0.1, 0.15) is 0 Å². The summed E-state index contributed by atoms with van der Waals surface area (Å²) in [5.41, 5.74) is 16.1. The third-order valence-electron chi connectivity index (χ3n) is 10.8. The van der Waals surface area contributed by atoms with Crippen LogP contribution in [0.4, 0.5) is 17.1 Å². The van der Waals surface area contributed by atoms with E-state index in [-0.39, 0.29) is 0 Å². The quantitative estimate of drug-likeness (QED) is 0.152. The van der Waals surface area contributed by atoms with Crippen LogP contribution in [0.5, 0.6) is 0 Å². The van der Waals surface area contributed by atoms with Gasteiger partial charge in [-0.1, -0.05) is 188 Å². The van der Waals surface area contributed by atoms with Gasteiger partial charge < -0.3 is 9.47 Å².